The van der Waals surface area contributed by atoms with E-state index in [-0.39, 0.29) is 36.0 Å². The van der Waals surface area contributed by atoms with Gasteiger partial charge in [-0.05, 0) is 54.0 Å². The Morgan fingerprint density at radius 2 is 1.47 bits per heavy atom. The lowest BCUT2D eigenvalue weighted by Gasteiger charge is -2.17. The third kappa shape index (κ3) is 6.77. The molecule has 0 aliphatic carbocycles. The van der Waals surface area contributed by atoms with Gasteiger partial charge in [-0.15, -0.1) is 0 Å². The molecule has 5 N–H and O–H groups in total. The summed E-state index contributed by atoms with van der Waals surface area (Å²) in [6, 6.07) is 15.7. The molecule has 0 spiro atoms. The highest BCUT2D eigenvalue weighted by atomic mass is 16.5. The summed E-state index contributed by atoms with van der Waals surface area (Å²) in [6.45, 7) is 2.19. The Morgan fingerprint density at radius 3 is 2.12 bits per heavy atom. The molecule has 176 valence electrons. The van der Waals surface area contributed by atoms with Gasteiger partial charge < -0.3 is 30.5 Å². The molecule has 0 heterocycles. The van der Waals surface area contributed by atoms with Crippen molar-refractivity contribution in [2.75, 3.05) is 0 Å². The van der Waals surface area contributed by atoms with Gasteiger partial charge in [-0.3, -0.25) is 4.79 Å². The number of aryl methyl sites for hydroxylation is 1. The number of phenols is 4. The predicted octanol–water partition coefficient (Wildman–Crippen LogP) is 3.30. The van der Waals surface area contributed by atoms with Crippen LogP contribution in [-0.4, -0.2) is 38.4 Å². The molecule has 0 saturated carbocycles. The van der Waals surface area contributed by atoms with Crippen molar-refractivity contribution in [2.24, 2.45) is 0 Å². The lowest BCUT2D eigenvalue weighted by molar-refractivity contribution is -0.151. The molecule has 3 aromatic carbocycles. The lowest BCUT2D eigenvalue weighted by Crippen LogP contribution is -2.38. The predicted molar refractivity (Wildman–Crippen MR) is 125 cm³/mol. The minimum absolute atomic E-state index is 0.0346. The number of benzene rings is 3. The van der Waals surface area contributed by atoms with Crippen molar-refractivity contribution in [1.29, 1.82) is 0 Å². The van der Waals surface area contributed by atoms with Crippen LogP contribution in [0.2, 0.25) is 0 Å². The van der Waals surface area contributed by atoms with Crippen LogP contribution in [-0.2, 0) is 27.3 Å². The summed E-state index contributed by atoms with van der Waals surface area (Å²) in [5, 5.41) is 41.0. The summed E-state index contributed by atoms with van der Waals surface area (Å²) in [5.74, 6) is -2.61. The largest absolute Gasteiger partial charge is 0.504 e. The molecular weight excluding hydrogens is 438 g/mol. The summed E-state index contributed by atoms with van der Waals surface area (Å²) in [6.07, 6.45) is 1.22. The minimum atomic E-state index is -1.21. The Hall–Kier alpha value is -4.46. The molecule has 0 aliphatic rings. The Bertz CT molecular complexity index is 1200. The smallest absolute Gasteiger partial charge is 0.331 e. The maximum absolute atomic E-state index is 12.8. The van der Waals surface area contributed by atoms with E-state index in [1.165, 1.54) is 42.5 Å². The van der Waals surface area contributed by atoms with Crippen LogP contribution in [0.3, 0.4) is 0 Å². The zero-order chi connectivity index (χ0) is 24.7. The Labute approximate surface area is 196 Å². The van der Waals surface area contributed by atoms with E-state index in [1.54, 1.807) is 0 Å². The number of phenolic OH excluding ortho intramolecular Hbond substituents is 4. The van der Waals surface area contributed by atoms with Crippen LogP contribution >= 0.6 is 0 Å². The van der Waals surface area contributed by atoms with Crippen molar-refractivity contribution < 1.29 is 34.8 Å². The van der Waals surface area contributed by atoms with Crippen LogP contribution in [0.4, 0.5) is 0 Å². The van der Waals surface area contributed by atoms with Gasteiger partial charge in [0.25, 0.3) is 5.91 Å². The first-order valence-electron chi connectivity index (χ1n) is 10.5. The maximum atomic E-state index is 12.8. The van der Waals surface area contributed by atoms with Crippen LogP contribution in [0, 0.1) is 6.92 Å². The molecule has 3 rings (SSSR count). The third-order valence-corrected chi connectivity index (χ3v) is 5.01. The molecule has 8 heteroatoms. The first kappa shape index (κ1) is 24.2. The number of ether oxygens (including phenoxy) is 1. The number of carbonyl (C=O) groups is 2. The van der Waals surface area contributed by atoms with E-state index >= 15 is 0 Å². The van der Waals surface area contributed by atoms with Gasteiger partial charge in [-0.25, -0.2) is 4.79 Å². The van der Waals surface area contributed by atoms with Gasteiger partial charge >= 0.3 is 5.97 Å². The summed E-state index contributed by atoms with van der Waals surface area (Å²) in [5.41, 5.74) is 2.88. The molecule has 0 unspecified atom stereocenters. The Kier molecular flexibility index (Phi) is 7.76. The van der Waals surface area contributed by atoms with Crippen LogP contribution in [0.25, 0.3) is 6.08 Å². The number of aromatic hydroxyl groups is 4. The lowest BCUT2D eigenvalue weighted by atomic mass is 10.1. The van der Waals surface area contributed by atoms with E-state index < -0.39 is 18.0 Å². The number of esters is 1. The Morgan fingerprint density at radius 1 is 0.853 bits per heavy atom. The van der Waals surface area contributed by atoms with Gasteiger partial charge in [-0.2, -0.15) is 0 Å². The average Bonchev–Trinajstić information content (AvgIpc) is 2.81. The topological polar surface area (TPSA) is 136 Å². The van der Waals surface area contributed by atoms with Crippen molar-refractivity contribution in [3.05, 3.63) is 89.0 Å². The molecular formula is C26H25NO7. The monoisotopic (exact) mass is 463 g/mol. The molecule has 0 fully saturated rings. The highest BCUT2D eigenvalue weighted by Gasteiger charge is 2.23. The first-order chi connectivity index (χ1) is 16.2. The number of rotatable bonds is 8. The second kappa shape index (κ2) is 10.9. The summed E-state index contributed by atoms with van der Waals surface area (Å²) in [7, 11) is 0. The third-order valence-electron chi connectivity index (χ3n) is 5.01. The van der Waals surface area contributed by atoms with Crippen LogP contribution < -0.4 is 5.32 Å². The van der Waals surface area contributed by atoms with Gasteiger partial charge in [0.05, 0.1) is 0 Å². The van der Waals surface area contributed by atoms with Crippen molar-refractivity contribution in [1.82, 2.24) is 5.32 Å². The van der Waals surface area contributed by atoms with Gasteiger partial charge in [0, 0.05) is 19.0 Å². The molecule has 0 aromatic heterocycles. The van der Waals surface area contributed by atoms with E-state index in [4.69, 9.17) is 4.74 Å². The van der Waals surface area contributed by atoms with Crippen molar-refractivity contribution >= 4 is 18.0 Å². The first-order valence-corrected chi connectivity index (χ1v) is 10.5. The quantitative estimate of drug-likeness (QED) is 0.196. The normalized spacial score (nSPS) is 11.8. The fourth-order valence-corrected chi connectivity index (χ4v) is 3.09. The van der Waals surface area contributed by atoms with Crippen molar-refractivity contribution in [3.63, 3.8) is 0 Å². The second-order valence-electron chi connectivity index (χ2n) is 7.74. The fraction of sp³-hybridized carbons (Fsp3) is 0.154. The zero-order valence-corrected chi connectivity index (χ0v) is 18.4. The molecule has 8 nitrogen and oxygen atoms in total. The van der Waals surface area contributed by atoms with E-state index in [2.05, 4.69) is 5.32 Å². The van der Waals surface area contributed by atoms with Crippen LogP contribution in [0.5, 0.6) is 23.0 Å². The fourth-order valence-electron chi connectivity index (χ4n) is 3.09. The highest BCUT2D eigenvalue weighted by Crippen LogP contribution is 2.26. The number of hydrogen-bond acceptors (Lipinski definition) is 7. The molecule has 0 bridgehead atoms. The molecule has 0 saturated heterocycles. The van der Waals surface area contributed by atoms with E-state index in [9.17, 15) is 30.0 Å². The average molecular weight is 463 g/mol. The van der Waals surface area contributed by atoms with Gasteiger partial charge in [0.2, 0.25) is 0 Å². The molecule has 0 radical (unpaired) electrons. The van der Waals surface area contributed by atoms with Crippen LogP contribution in [0.1, 0.15) is 22.3 Å². The van der Waals surface area contributed by atoms with E-state index in [0.717, 1.165) is 17.2 Å². The SMILES string of the molecule is Cc1ccc(CNC(=O)[C@@H](Cc2ccc(O)c(O)c2)OC(=O)/C=C/c2ccc(O)c(O)c2)cc1. The molecule has 34 heavy (non-hydrogen) atoms. The standard InChI is InChI=1S/C26H25NO7/c1-16-2-4-18(5-3-16)15-27-26(33)24(14-19-7-10-21(29)23(31)13-19)34-25(32)11-8-17-6-9-20(28)22(30)12-17/h2-13,24,28-31H,14-15H2,1H3,(H,27,33)/b11-8+/t24-/m1/s1. The van der Waals surface area contributed by atoms with Gasteiger partial charge in [0.1, 0.15) is 0 Å². The summed E-state index contributed by atoms with van der Waals surface area (Å²) < 4.78 is 5.38. The summed E-state index contributed by atoms with van der Waals surface area (Å²) in [4.78, 5) is 25.3. The van der Waals surface area contributed by atoms with E-state index in [0.29, 0.717) is 11.1 Å². The molecule has 3 aromatic rings. The number of hydrogen-bond donors (Lipinski definition) is 5. The molecule has 0 aliphatic heterocycles. The van der Waals surface area contributed by atoms with Gasteiger partial charge in [0.15, 0.2) is 29.1 Å². The number of carbonyl (C=O) groups excluding carboxylic acids is 2. The summed E-state index contributed by atoms with van der Waals surface area (Å²) >= 11 is 0. The Balaban J connectivity index is 1.72. The zero-order valence-electron chi connectivity index (χ0n) is 18.4. The number of nitrogens with one attached hydrogen (secondary N) is 1. The highest BCUT2D eigenvalue weighted by molar-refractivity contribution is 5.90. The molecule has 1 atom stereocenters. The maximum Gasteiger partial charge on any atom is 0.331 e. The van der Waals surface area contributed by atoms with E-state index in [1.807, 2.05) is 31.2 Å². The minimum Gasteiger partial charge on any atom is -0.504 e. The van der Waals surface area contributed by atoms with Crippen LogP contribution in [0.15, 0.2) is 66.7 Å². The van der Waals surface area contributed by atoms with Gasteiger partial charge in [-0.1, -0.05) is 42.0 Å². The number of amides is 1. The second-order valence-corrected chi connectivity index (χ2v) is 7.74. The van der Waals surface area contributed by atoms with Crippen molar-refractivity contribution in [3.8, 4) is 23.0 Å². The van der Waals surface area contributed by atoms with Crippen molar-refractivity contribution in [2.45, 2.75) is 26.0 Å². The molecule has 1 amide bonds.